The number of ether oxygens (including phenoxy) is 3. The molecule has 0 aliphatic rings. The number of allylic oxidation sites excluding steroid dienone is 1. The molecule has 3 rings (SSSR count). The fourth-order valence-electron chi connectivity index (χ4n) is 2.95. The molecule has 0 radical (unpaired) electrons. The van der Waals surface area contributed by atoms with Crippen LogP contribution in [-0.2, 0) is 0 Å². The number of fused-ring (bicyclic) bond motifs is 1. The average Bonchev–Trinajstić information content (AvgIpc) is 3.09. The summed E-state index contributed by atoms with van der Waals surface area (Å²) in [6, 6.07) is 11.3. The maximum absolute atomic E-state index is 12.9. The zero-order valence-corrected chi connectivity index (χ0v) is 15.3. The number of rotatable bonds is 6. The zero-order chi connectivity index (χ0) is 18.7. The molecule has 0 saturated carbocycles. The molecule has 0 aliphatic carbocycles. The first-order valence-electron chi connectivity index (χ1n) is 8.18. The van der Waals surface area contributed by atoms with Gasteiger partial charge >= 0.3 is 0 Å². The van der Waals surface area contributed by atoms with Gasteiger partial charge < -0.3 is 19.2 Å². The summed E-state index contributed by atoms with van der Waals surface area (Å²) >= 11 is 0. The predicted octanol–water partition coefficient (Wildman–Crippen LogP) is 4.48. The highest BCUT2D eigenvalue weighted by Gasteiger charge is 2.18. The van der Waals surface area contributed by atoms with Gasteiger partial charge in [0.1, 0.15) is 0 Å². The molecule has 1 heterocycles. The quantitative estimate of drug-likeness (QED) is 0.525. The lowest BCUT2D eigenvalue weighted by atomic mass is 10.0. The monoisotopic (exact) mass is 351 g/mol. The van der Waals surface area contributed by atoms with Crippen molar-refractivity contribution in [3.05, 3.63) is 59.3 Å². The Balaban J connectivity index is 2.00. The molecule has 0 spiro atoms. The van der Waals surface area contributed by atoms with E-state index in [1.165, 1.54) is 21.3 Å². The first kappa shape index (κ1) is 17.6. The highest BCUT2D eigenvalue weighted by atomic mass is 16.5. The number of para-hydroxylation sites is 1. The van der Waals surface area contributed by atoms with Crippen molar-refractivity contribution in [2.45, 2.75) is 6.92 Å². The number of benzene rings is 2. The maximum atomic E-state index is 12.9. The number of aromatic amines is 1. The Morgan fingerprint density at radius 2 is 1.65 bits per heavy atom. The number of H-pyrrole nitrogens is 1. The topological polar surface area (TPSA) is 60.6 Å². The van der Waals surface area contributed by atoms with Crippen LogP contribution in [0.4, 0.5) is 0 Å². The highest BCUT2D eigenvalue weighted by Crippen LogP contribution is 2.38. The van der Waals surface area contributed by atoms with Gasteiger partial charge in [0.2, 0.25) is 5.75 Å². The van der Waals surface area contributed by atoms with Gasteiger partial charge in [0, 0.05) is 28.2 Å². The molecule has 0 amide bonds. The van der Waals surface area contributed by atoms with E-state index in [9.17, 15) is 4.79 Å². The third-order valence-electron chi connectivity index (χ3n) is 4.28. The molecular weight excluding hydrogens is 330 g/mol. The van der Waals surface area contributed by atoms with Crippen LogP contribution in [0, 0.1) is 0 Å². The van der Waals surface area contributed by atoms with E-state index in [0.717, 1.165) is 16.5 Å². The third-order valence-corrected chi connectivity index (χ3v) is 4.28. The molecule has 1 aromatic heterocycles. The molecule has 5 heteroatoms. The van der Waals surface area contributed by atoms with Crippen molar-refractivity contribution in [2.24, 2.45) is 0 Å². The van der Waals surface area contributed by atoms with Gasteiger partial charge in [0.25, 0.3) is 0 Å². The van der Waals surface area contributed by atoms with Crippen molar-refractivity contribution < 1.29 is 19.0 Å². The SMILES string of the molecule is COc1cc(C(=O)C(C)=Cc2c[nH]c3ccccc23)cc(OC)c1OC. The largest absolute Gasteiger partial charge is 0.493 e. The summed E-state index contributed by atoms with van der Waals surface area (Å²) in [6.45, 7) is 1.80. The van der Waals surface area contributed by atoms with Gasteiger partial charge in [0.15, 0.2) is 17.3 Å². The third kappa shape index (κ3) is 3.16. The molecule has 1 N–H and O–H groups in total. The summed E-state index contributed by atoms with van der Waals surface area (Å²) in [6.07, 6.45) is 3.78. The molecule has 26 heavy (non-hydrogen) atoms. The van der Waals surface area contributed by atoms with Crippen molar-refractivity contribution in [3.8, 4) is 17.2 Å². The number of methoxy groups -OCH3 is 3. The summed E-state index contributed by atoms with van der Waals surface area (Å²) in [5.41, 5.74) is 3.10. The van der Waals surface area contributed by atoms with Gasteiger partial charge in [-0.1, -0.05) is 18.2 Å². The predicted molar refractivity (Wildman–Crippen MR) is 102 cm³/mol. The van der Waals surface area contributed by atoms with Gasteiger partial charge in [-0.2, -0.15) is 0 Å². The van der Waals surface area contributed by atoms with Crippen LogP contribution in [-0.4, -0.2) is 32.1 Å². The minimum atomic E-state index is -0.102. The van der Waals surface area contributed by atoms with Crippen LogP contribution in [0.5, 0.6) is 17.2 Å². The number of carbonyl (C=O) groups is 1. The second-order valence-corrected chi connectivity index (χ2v) is 5.86. The summed E-state index contributed by atoms with van der Waals surface area (Å²) < 4.78 is 16.0. The smallest absolute Gasteiger partial charge is 0.203 e. The van der Waals surface area contributed by atoms with E-state index in [2.05, 4.69) is 4.98 Å². The fourth-order valence-corrected chi connectivity index (χ4v) is 2.95. The molecule has 0 unspecified atom stereocenters. The second-order valence-electron chi connectivity index (χ2n) is 5.86. The molecule has 0 saturated heterocycles. The van der Waals surface area contributed by atoms with Gasteiger partial charge in [-0.25, -0.2) is 0 Å². The van der Waals surface area contributed by atoms with Crippen LogP contribution < -0.4 is 14.2 Å². The standard InChI is InChI=1S/C21H21NO4/c1-13(9-15-12-22-17-8-6-5-7-16(15)17)20(23)14-10-18(24-2)21(26-4)19(11-14)25-3/h5-12,22H,1-4H3. The van der Waals surface area contributed by atoms with Gasteiger partial charge in [-0.05, 0) is 36.8 Å². The number of hydrogen-bond donors (Lipinski definition) is 1. The van der Waals surface area contributed by atoms with E-state index < -0.39 is 0 Å². The second kappa shape index (κ2) is 7.35. The van der Waals surface area contributed by atoms with Crippen molar-refractivity contribution >= 4 is 22.8 Å². The Hall–Kier alpha value is -3.21. The Labute approximate surface area is 152 Å². The molecule has 5 nitrogen and oxygen atoms in total. The number of ketones is 1. The average molecular weight is 351 g/mol. The number of aromatic nitrogens is 1. The molecule has 0 fully saturated rings. The highest BCUT2D eigenvalue weighted by molar-refractivity contribution is 6.12. The van der Waals surface area contributed by atoms with Crippen molar-refractivity contribution in [2.75, 3.05) is 21.3 Å². The maximum Gasteiger partial charge on any atom is 0.203 e. The normalized spacial score (nSPS) is 11.5. The van der Waals surface area contributed by atoms with Crippen LogP contribution in [0.1, 0.15) is 22.8 Å². The van der Waals surface area contributed by atoms with E-state index in [1.54, 1.807) is 19.1 Å². The molecule has 134 valence electrons. The van der Waals surface area contributed by atoms with E-state index in [1.807, 2.05) is 36.5 Å². The van der Waals surface area contributed by atoms with Crippen LogP contribution in [0.15, 0.2) is 48.2 Å². The Bertz CT molecular complexity index is 960. The minimum Gasteiger partial charge on any atom is -0.493 e. The molecule has 3 aromatic rings. The summed E-state index contributed by atoms with van der Waals surface area (Å²) in [5, 5.41) is 1.07. The number of nitrogens with one attached hydrogen (secondary N) is 1. The van der Waals surface area contributed by atoms with E-state index >= 15 is 0 Å². The molecular formula is C21H21NO4. The first-order chi connectivity index (χ1) is 12.6. The molecule has 0 aliphatic heterocycles. The van der Waals surface area contributed by atoms with Gasteiger partial charge in [0.05, 0.1) is 21.3 Å². The first-order valence-corrected chi connectivity index (χ1v) is 8.18. The van der Waals surface area contributed by atoms with E-state index in [4.69, 9.17) is 14.2 Å². The summed E-state index contributed by atoms with van der Waals surface area (Å²) in [7, 11) is 4.59. The van der Waals surface area contributed by atoms with Crippen molar-refractivity contribution in [1.29, 1.82) is 0 Å². The molecule has 2 aromatic carbocycles. The lowest BCUT2D eigenvalue weighted by Gasteiger charge is -2.13. The Morgan fingerprint density at radius 1 is 1.00 bits per heavy atom. The lowest BCUT2D eigenvalue weighted by Crippen LogP contribution is -2.03. The van der Waals surface area contributed by atoms with Gasteiger partial charge in [-0.15, -0.1) is 0 Å². The van der Waals surface area contributed by atoms with Crippen LogP contribution in [0.2, 0.25) is 0 Å². The van der Waals surface area contributed by atoms with Gasteiger partial charge in [-0.3, -0.25) is 4.79 Å². The Kier molecular flexibility index (Phi) is 4.98. The number of hydrogen-bond acceptors (Lipinski definition) is 4. The van der Waals surface area contributed by atoms with Crippen LogP contribution >= 0.6 is 0 Å². The van der Waals surface area contributed by atoms with Crippen molar-refractivity contribution in [1.82, 2.24) is 4.98 Å². The fraction of sp³-hybridized carbons (Fsp3) is 0.190. The van der Waals surface area contributed by atoms with Crippen LogP contribution in [0.25, 0.3) is 17.0 Å². The Morgan fingerprint density at radius 3 is 2.27 bits per heavy atom. The van der Waals surface area contributed by atoms with Crippen LogP contribution in [0.3, 0.4) is 0 Å². The molecule has 0 atom stereocenters. The van der Waals surface area contributed by atoms with E-state index in [0.29, 0.717) is 28.4 Å². The van der Waals surface area contributed by atoms with Crippen molar-refractivity contribution in [3.63, 3.8) is 0 Å². The summed E-state index contributed by atoms with van der Waals surface area (Å²) in [5.74, 6) is 1.27. The van der Waals surface area contributed by atoms with E-state index in [-0.39, 0.29) is 5.78 Å². The summed E-state index contributed by atoms with van der Waals surface area (Å²) in [4.78, 5) is 16.1. The number of carbonyl (C=O) groups excluding carboxylic acids is 1. The number of Topliss-reactive ketones (excluding diaryl/α,β-unsaturated/α-hetero) is 1. The minimum absolute atomic E-state index is 0.102. The molecule has 0 bridgehead atoms. The lowest BCUT2D eigenvalue weighted by molar-refractivity contribution is 0.103. The zero-order valence-electron chi connectivity index (χ0n) is 15.3.